The number of rotatable bonds is 6. The van der Waals surface area contributed by atoms with E-state index in [1.807, 2.05) is 24.3 Å². The molecule has 0 aliphatic heterocycles. The number of nitrogens with one attached hydrogen (secondary N) is 1. The van der Waals surface area contributed by atoms with E-state index in [1.165, 1.54) is 25.1 Å². The summed E-state index contributed by atoms with van der Waals surface area (Å²) in [5.41, 5.74) is 5.06. The number of nitrogens with zero attached hydrogens (tertiary/aromatic N) is 2. The smallest absolute Gasteiger partial charge is 0.337 e. The summed E-state index contributed by atoms with van der Waals surface area (Å²) in [4.78, 5) is 27.5. The van der Waals surface area contributed by atoms with Crippen molar-refractivity contribution in [1.29, 1.82) is 0 Å². The molecule has 0 saturated carbocycles. The zero-order chi connectivity index (χ0) is 18.4. The van der Waals surface area contributed by atoms with Crippen molar-refractivity contribution in [3.05, 3.63) is 59.7 Å². The van der Waals surface area contributed by atoms with Gasteiger partial charge in [-0.05, 0) is 29.8 Å². The molecule has 0 bridgehead atoms. The highest BCUT2D eigenvalue weighted by atomic mass is 32.2. The molecule has 0 saturated heterocycles. The predicted molar refractivity (Wildman–Crippen MR) is 98.3 cm³/mol. The van der Waals surface area contributed by atoms with Gasteiger partial charge >= 0.3 is 5.97 Å². The van der Waals surface area contributed by atoms with E-state index in [0.29, 0.717) is 16.4 Å². The Kier molecular flexibility index (Phi) is 5.65. The first-order chi connectivity index (χ1) is 12.7. The van der Waals surface area contributed by atoms with Crippen molar-refractivity contribution in [2.75, 3.05) is 12.9 Å². The maximum atomic E-state index is 11.8. The van der Waals surface area contributed by atoms with Crippen molar-refractivity contribution in [3.63, 3.8) is 0 Å². The number of carbonyl (C=O) groups excluding carboxylic acids is 2. The second-order valence-corrected chi connectivity index (χ2v) is 6.07. The average Bonchev–Trinajstić information content (AvgIpc) is 3.09. The lowest BCUT2D eigenvalue weighted by atomic mass is 10.1. The molecule has 7 nitrogen and oxygen atoms in total. The number of benzene rings is 2. The zero-order valence-electron chi connectivity index (χ0n) is 13.8. The standard InChI is InChI=1S/C18H15N3O4S/c1-24-17(23)13-8-6-12(7-9-13)10-19-21-16(22)11-26-18-20-14-4-2-3-5-15(14)25-18/h2-10H,11H2,1H3,(H,21,22)/b19-10+. The van der Waals surface area contributed by atoms with Crippen LogP contribution < -0.4 is 5.43 Å². The van der Waals surface area contributed by atoms with Gasteiger partial charge in [0, 0.05) is 0 Å². The van der Waals surface area contributed by atoms with Crippen LogP contribution in [0.25, 0.3) is 11.1 Å². The zero-order valence-corrected chi connectivity index (χ0v) is 14.7. The van der Waals surface area contributed by atoms with Crippen molar-refractivity contribution >= 4 is 41.0 Å². The van der Waals surface area contributed by atoms with Crippen LogP contribution >= 0.6 is 11.8 Å². The first-order valence-electron chi connectivity index (χ1n) is 7.64. The third-order valence-electron chi connectivity index (χ3n) is 3.34. The average molecular weight is 369 g/mol. The predicted octanol–water partition coefficient (Wildman–Crippen LogP) is 2.86. The summed E-state index contributed by atoms with van der Waals surface area (Å²) in [5, 5.41) is 4.32. The van der Waals surface area contributed by atoms with Gasteiger partial charge in [0.05, 0.1) is 24.6 Å². The van der Waals surface area contributed by atoms with Crippen molar-refractivity contribution in [2.24, 2.45) is 5.10 Å². The highest BCUT2D eigenvalue weighted by molar-refractivity contribution is 7.99. The first kappa shape index (κ1) is 17.7. The Bertz CT molecular complexity index is 917. The van der Waals surface area contributed by atoms with Gasteiger partial charge in [0.15, 0.2) is 5.58 Å². The van der Waals surface area contributed by atoms with Gasteiger partial charge in [0.2, 0.25) is 0 Å². The van der Waals surface area contributed by atoms with Crippen LogP contribution in [0.4, 0.5) is 0 Å². The van der Waals surface area contributed by atoms with E-state index in [2.05, 4.69) is 20.2 Å². The van der Waals surface area contributed by atoms with E-state index in [1.54, 1.807) is 24.3 Å². The summed E-state index contributed by atoms with van der Waals surface area (Å²) in [5.74, 6) is -0.552. The number of hydrogen-bond acceptors (Lipinski definition) is 7. The van der Waals surface area contributed by atoms with E-state index < -0.39 is 5.97 Å². The molecule has 0 aliphatic rings. The van der Waals surface area contributed by atoms with Crippen LogP contribution in [0, 0.1) is 0 Å². The SMILES string of the molecule is COC(=O)c1ccc(/C=N/NC(=O)CSc2nc3ccccc3o2)cc1. The second kappa shape index (κ2) is 8.30. The highest BCUT2D eigenvalue weighted by Crippen LogP contribution is 2.22. The Labute approximate surface area is 153 Å². The Morgan fingerprint density at radius 2 is 2.00 bits per heavy atom. The quantitative estimate of drug-likeness (QED) is 0.311. The van der Waals surface area contributed by atoms with Gasteiger partial charge in [-0.25, -0.2) is 15.2 Å². The monoisotopic (exact) mass is 369 g/mol. The molecule has 3 rings (SSSR count). The topological polar surface area (TPSA) is 93.8 Å². The molecule has 0 radical (unpaired) electrons. The van der Waals surface area contributed by atoms with Gasteiger partial charge in [-0.2, -0.15) is 5.10 Å². The molecular weight excluding hydrogens is 354 g/mol. The third-order valence-corrected chi connectivity index (χ3v) is 4.16. The fraction of sp³-hybridized carbons (Fsp3) is 0.111. The molecule has 26 heavy (non-hydrogen) atoms. The maximum absolute atomic E-state index is 11.8. The van der Waals surface area contributed by atoms with Crippen LogP contribution in [-0.4, -0.2) is 35.9 Å². The molecular formula is C18H15N3O4S. The minimum Gasteiger partial charge on any atom is -0.465 e. The summed E-state index contributed by atoms with van der Waals surface area (Å²) >= 11 is 1.19. The van der Waals surface area contributed by atoms with Gasteiger partial charge in [0.25, 0.3) is 11.1 Å². The molecule has 3 aromatic rings. The molecule has 0 aliphatic carbocycles. The van der Waals surface area contributed by atoms with Gasteiger partial charge in [-0.3, -0.25) is 4.79 Å². The fourth-order valence-corrected chi connectivity index (χ4v) is 2.71. The Morgan fingerprint density at radius 1 is 1.23 bits per heavy atom. The van der Waals surface area contributed by atoms with Crippen molar-refractivity contribution < 1.29 is 18.7 Å². The van der Waals surface area contributed by atoms with Crippen LogP contribution in [0.3, 0.4) is 0 Å². The Morgan fingerprint density at radius 3 is 2.73 bits per heavy atom. The molecule has 0 fully saturated rings. The van der Waals surface area contributed by atoms with Crippen LogP contribution in [0.1, 0.15) is 15.9 Å². The number of oxazole rings is 1. The summed E-state index contributed by atoms with van der Waals surface area (Å²) < 4.78 is 10.2. The number of hydrazone groups is 1. The largest absolute Gasteiger partial charge is 0.465 e. The number of ether oxygens (including phenoxy) is 1. The van der Waals surface area contributed by atoms with Crippen LogP contribution in [0.5, 0.6) is 0 Å². The minimum absolute atomic E-state index is 0.130. The first-order valence-corrected chi connectivity index (χ1v) is 8.63. The van der Waals surface area contributed by atoms with E-state index >= 15 is 0 Å². The number of amides is 1. The van der Waals surface area contributed by atoms with Crippen molar-refractivity contribution in [2.45, 2.75) is 5.22 Å². The molecule has 0 spiro atoms. The number of aromatic nitrogens is 1. The van der Waals surface area contributed by atoms with E-state index in [-0.39, 0.29) is 11.7 Å². The number of carbonyl (C=O) groups is 2. The van der Waals surface area contributed by atoms with Crippen molar-refractivity contribution in [1.82, 2.24) is 10.4 Å². The van der Waals surface area contributed by atoms with Gasteiger partial charge < -0.3 is 9.15 Å². The molecule has 1 amide bonds. The molecule has 0 atom stereocenters. The van der Waals surface area contributed by atoms with E-state index in [9.17, 15) is 9.59 Å². The number of methoxy groups -OCH3 is 1. The summed E-state index contributed by atoms with van der Waals surface area (Å²) in [6.07, 6.45) is 1.49. The summed E-state index contributed by atoms with van der Waals surface area (Å²) in [6, 6.07) is 14.1. The van der Waals surface area contributed by atoms with Gasteiger partial charge in [0.1, 0.15) is 5.52 Å². The van der Waals surface area contributed by atoms with Gasteiger partial charge in [-0.15, -0.1) is 0 Å². The normalized spacial score (nSPS) is 11.0. The van der Waals surface area contributed by atoms with Crippen LogP contribution in [-0.2, 0) is 9.53 Å². The number of thioether (sulfide) groups is 1. The molecule has 8 heteroatoms. The number of para-hydroxylation sites is 2. The number of esters is 1. The van der Waals surface area contributed by atoms with Crippen LogP contribution in [0.15, 0.2) is 63.3 Å². The molecule has 132 valence electrons. The molecule has 1 heterocycles. The fourth-order valence-electron chi connectivity index (χ4n) is 2.07. The van der Waals surface area contributed by atoms with Gasteiger partial charge in [-0.1, -0.05) is 36.0 Å². The van der Waals surface area contributed by atoms with Crippen molar-refractivity contribution in [3.8, 4) is 0 Å². The molecule has 2 aromatic carbocycles. The lowest BCUT2D eigenvalue weighted by molar-refractivity contribution is -0.118. The number of hydrogen-bond donors (Lipinski definition) is 1. The van der Waals surface area contributed by atoms with Crippen LogP contribution in [0.2, 0.25) is 0 Å². The minimum atomic E-state index is -0.405. The second-order valence-electron chi connectivity index (χ2n) is 5.14. The lowest BCUT2D eigenvalue weighted by Gasteiger charge is -1.99. The maximum Gasteiger partial charge on any atom is 0.337 e. The summed E-state index contributed by atoms with van der Waals surface area (Å²) in [6.45, 7) is 0. The third kappa shape index (κ3) is 4.48. The Balaban J connectivity index is 1.48. The van der Waals surface area contributed by atoms with E-state index in [4.69, 9.17) is 4.42 Å². The Hall–Kier alpha value is -3.13. The molecule has 1 N–H and O–H groups in total. The number of fused-ring (bicyclic) bond motifs is 1. The summed E-state index contributed by atoms with van der Waals surface area (Å²) in [7, 11) is 1.33. The van der Waals surface area contributed by atoms with E-state index in [0.717, 1.165) is 11.1 Å². The molecule has 1 aromatic heterocycles. The lowest BCUT2D eigenvalue weighted by Crippen LogP contribution is -2.19. The highest BCUT2D eigenvalue weighted by Gasteiger charge is 2.08. The molecule has 0 unspecified atom stereocenters.